The second kappa shape index (κ2) is 8.89. The molecule has 2 N–H and O–H groups in total. The summed E-state index contributed by atoms with van der Waals surface area (Å²) >= 11 is 1.66. The molecular formula is C14H21NO2S. The summed E-state index contributed by atoms with van der Waals surface area (Å²) in [5.74, 6) is 1.63. The summed E-state index contributed by atoms with van der Waals surface area (Å²) in [4.78, 5) is 1.10. The molecule has 1 aromatic rings. The third kappa shape index (κ3) is 4.63. The Labute approximate surface area is 113 Å². The summed E-state index contributed by atoms with van der Waals surface area (Å²) in [6.45, 7) is 3.84. The zero-order valence-corrected chi connectivity index (χ0v) is 11.8. The Balaban J connectivity index is 2.77. The van der Waals surface area contributed by atoms with Gasteiger partial charge in [-0.05, 0) is 24.8 Å². The lowest BCUT2D eigenvalue weighted by atomic mass is 10.3. The van der Waals surface area contributed by atoms with Crippen molar-refractivity contribution < 1.29 is 9.47 Å². The normalized spacial score (nSPS) is 10.8. The predicted octanol–water partition coefficient (Wildman–Crippen LogP) is 3.09. The van der Waals surface area contributed by atoms with Crippen LogP contribution < -0.4 is 15.2 Å². The van der Waals surface area contributed by atoms with Gasteiger partial charge in [0, 0.05) is 6.54 Å². The standard InChI is InChI=1S/C14H21NO2S/c1-3-10-17-14-12(16-11-5-4-9-15)7-6-8-13(14)18-2/h4-8H,3,9-11,15H2,1-2H3/b5-4+. The van der Waals surface area contributed by atoms with E-state index in [0.29, 0.717) is 19.8 Å². The summed E-state index contributed by atoms with van der Waals surface area (Å²) in [5, 5.41) is 0. The maximum absolute atomic E-state index is 5.77. The molecule has 0 saturated heterocycles. The minimum Gasteiger partial charge on any atom is -0.489 e. The molecule has 0 atom stereocenters. The summed E-state index contributed by atoms with van der Waals surface area (Å²) in [7, 11) is 0. The molecule has 100 valence electrons. The van der Waals surface area contributed by atoms with Gasteiger partial charge in [-0.3, -0.25) is 0 Å². The summed E-state index contributed by atoms with van der Waals surface area (Å²) in [5.41, 5.74) is 5.38. The van der Waals surface area contributed by atoms with Gasteiger partial charge in [0.2, 0.25) is 0 Å². The Kier molecular flexibility index (Phi) is 7.37. The number of rotatable bonds is 8. The van der Waals surface area contributed by atoms with Gasteiger partial charge in [0.1, 0.15) is 6.61 Å². The minimum atomic E-state index is 0.511. The molecule has 3 nitrogen and oxygen atoms in total. The molecular weight excluding hydrogens is 246 g/mol. The van der Waals surface area contributed by atoms with E-state index in [1.807, 2.05) is 36.6 Å². The first-order valence-electron chi connectivity index (χ1n) is 6.11. The smallest absolute Gasteiger partial charge is 0.174 e. The fourth-order valence-corrected chi connectivity index (χ4v) is 1.98. The SMILES string of the molecule is CCCOc1c(OC/C=C/CN)cccc1SC. The lowest BCUT2D eigenvalue weighted by Crippen LogP contribution is -2.02. The van der Waals surface area contributed by atoms with Crippen LogP contribution in [0.1, 0.15) is 13.3 Å². The van der Waals surface area contributed by atoms with Gasteiger partial charge in [-0.2, -0.15) is 0 Å². The Bertz CT molecular complexity index is 380. The van der Waals surface area contributed by atoms with E-state index in [1.165, 1.54) is 0 Å². The van der Waals surface area contributed by atoms with E-state index in [4.69, 9.17) is 15.2 Å². The van der Waals surface area contributed by atoms with Crippen molar-refractivity contribution >= 4 is 11.8 Å². The maximum Gasteiger partial charge on any atom is 0.174 e. The van der Waals surface area contributed by atoms with Crippen LogP contribution in [-0.4, -0.2) is 26.0 Å². The Morgan fingerprint density at radius 2 is 2.11 bits per heavy atom. The zero-order valence-electron chi connectivity index (χ0n) is 11.0. The number of para-hydroxylation sites is 1. The van der Waals surface area contributed by atoms with Crippen LogP contribution in [0, 0.1) is 0 Å². The highest BCUT2D eigenvalue weighted by Crippen LogP contribution is 2.36. The first-order chi connectivity index (χ1) is 8.83. The van der Waals surface area contributed by atoms with E-state index in [9.17, 15) is 0 Å². The minimum absolute atomic E-state index is 0.511. The van der Waals surface area contributed by atoms with Crippen LogP contribution in [-0.2, 0) is 0 Å². The molecule has 0 aliphatic rings. The van der Waals surface area contributed by atoms with Crippen LogP contribution >= 0.6 is 11.8 Å². The van der Waals surface area contributed by atoms with Crippen LogP contribution in [0.4, 0.5) is 0 Å². The molecule has 0 aliphatic carbocycles. The highest BCUT2D eigenvalue weighted by Gasteiger charge is 2.09. The lowest BCUT2D eigenvalue weighted by Gasteiger charge is -2.14. The van der Waals surface area contributed by atoms with Crippen molar-refractivity contribution in [3.63, 3.8) is 0 Å². The molecule has 0 unspecified atom stereocenters. The average molecular weight is 267 g/mol. The number of hydrogen-bond acceptors (Lipinski definition) is 4. The van der Waals surface area contributed by atoms with Crippen LogP contribution in [0.5, 0.6) is 11.5 Å². The van der Waals surface area contributed by atoms with Gasteiger partial charge < -0.3 is 15.2 Å². The molecule has 0 heterocycles. The number of benzene rings is 1. The topological polar surface area (TPSA) is 44.5 Å². The number of thioether (sulfide) groups is 1. The van der Waals surface area contributed by atoms with Crippen molar-refractivity contribution in [2.75, 3.05) is 26.0 Å². The first-order valence-corrected chi connectivity index (χ1v) is 7.33. The number of nitrogens with two attached hydrogens (primary N) is 1. The molecule has 0 aliphatic heterocycles. The van der Waals surface area contributed by atoms with Crippen molar-refractivity contribution in [1.82, 2.24) is 0 Å². The molecule has 0 radical (unpaired) electrons. The van der Waals surface area contributed by atoms with Crippen molar-refractivity contribution in [3.05, 3.63) is 30.4 Å². The highest BCUT2D eigenvalue weighted by atomic mass is 32.2. The predicted molar refractivity (Wildman–Crippen MR) is 77.7 cm³/mol. The Morgan fingerprint density at radius 3 is 2.78 bits per heavy atom. The molecule has 0 amide bonds. The first kappa shape index (κ1) is 14.9. The lowest BCUT2D eigenvalue weighted by molar-refractivity contribution is 0.277. The average Bonchev–Trinajstić information content (AvgIpc) is 2.41. The van der Waals surface area contributed by atoms with Gasteiger partial charge >= 0.3 is 0 Å². The Morgan fingerprint density at radius 1 is 1.28 bits per heavy atom. The van der Waals surface area contributed by atoms with Crippen LogP contribution in [0.3, 0.4) is 0 Å². The summed E-state index contributed by atoms with van der Waals surface area (Å²) < 4.78 is 11.5. The van der Waals surface area contributed by atoms with Crippen molar-refractivity contribution in [2.45, 2.75) is 18.2 Å². The van der Waals surface area contributed by atoms with Crippen LogP contribution in [0.2, 0.25) is 0 Å². The largest absolute Gasteiger partial charge is 0.489 e. The van der Waals surface area contributed by atoms with E-state index < -0.39 is 0 Å². The van der Waals surface area contributed by atoms with Crippen LogP contribution in [0.25, 0.3) is 0 Å². The molecule has 0 spiro atoms. The molecule has 0 bridgehead atoms. The molecule has 0 aromatic heterocycles. The maximum atomic E-state index is 5.77. The fraction of sp³-hybridized carbons (Fsp3) is 0.429. The summed E-state index contributed by atoms with van der Waals surface area (Å²) in [6, 6.07) is 5.95. The summed E-state index contributed by atoms with van der Waals surface area (Å²) in [6.07, 6.45) is 6.81. The third-order valence-electron chi connectivity index (χ3n) is 2.25. The molecule has 0 fully saturated rings. The molecule has 4 heteroatoms. The monoisotopic (exact) mass is 267 g/mol. The molecule has 1 aromatic carbocycles. The second-order valence-corrected chi connectivity index (χ2v) is 4.50. The van der Waals surface area contributed by atoms with Gasteiger partial charge in [0.15, 0.2) is 11.5 Å². The number of ether oxygens (including phenoxy) is 2. The van der Waals surface area contributed by atoms with Crippen molar-refractivity contribution in [2.24, 2.45) is 5.73 Å². The fourth-order valence-electron chi connectivity index (χ4n) is 1.42. The quantitative estimate of drug-likeness (QED) is 0.580. The van der Waals surface area contributed by atoms with E-state index in [0.717, 1.165) is 22.8 Å². The molecule has 1 rings (SSSR count). The van der Waals surface area contributed by atoms with Gasteiger partial charge in [-0.1, -0.05) is 25.1 Å². The van der Waals surface area contributed by atoms with E-state index in [-0.39, 0.29) is 0 Å². The van der Waals surface area contributed by atoms with Gasteiger partial charge in [-0.15, -0.1) is 11.8 Å². The molecule has 0 saturated carbocycles. The van der Waals surface area contributed by atoms with Crippen molar-refractivity contribution in [1.29, 1.82) is 0 Å². The highest BCUT2D eigenvalue weighted by molar-refractivity contribution is 7.98. The third-order valence-corrected chi connectivity index (χ3v) is 3.01. The zero-order chi connectivity index (χ0) is 13.2. The van der Waals surface area contributed by atoms with Crippen LogP contribution in [0.15, 0.2) is 35.2 Å². The number of hydrogen-bond donors (Lipinski definition) is 1. The van der Waals surface area contributed by atoms with Gasteiger partial charge in [0.25, 0.3) is 0 Å². The van der Waals surface area contributed by atoms with E-state index in [2.05, 4.69) is 6.92 Å². The van der Waals surface area contributed by atoms with Crippen molar-refractivity contribution in [3.8, 4) is 11.5 Å². The second-order valence-electron chi connectivity index (χ2n) is 3.65. The van der Waals surface area contributed by atoms with Gasteiger partial charge in [0.05, 0.1) is 11.5 Å². The molecule has 18 heavy (non-hydrogen) atoms. The van der Waals surface area contributed by atoms with Gasteiger partial charge in [-0.25, -0.2) is 0 Å². The Hall–Kier alpha value is -1.13. The van der Waals surface area contributed by atoms with E-state index >= 15 is 0 Å². The van der Waals surface area contributed by atoms with E-state index in [1.54, 1.807) is 11.8 Å².